The highest BCUT2D eigenvalue weighted by Gasteiger charge is 2.11. The number of carbonyl (C=O) groups excluding carboxylic acids is 1. The van der Waals surface area contributed by atoms with Crippen LogP contribution in [0.4, 0.5) is 0 Å². The first-order valence-electron chi connectivity index (χ1n) is 4.35. The molecule has 15 heavy (non-hydrogen) atoms. The topological polar surface area (TPSA) is 65.9 Å². The average Bonchev–Trinajstić information content (AvgIpc) is 2.71. The number of aromatic nitrogens is 1. The van der Waals surface area contributed by atoms with Crippen molar-refractivity contribution in [3.8, 4) is 11.8 Å². The maximum Gasteiger partial charge on any atom is 0.152 e. The quantitative estimate of drug-likeness (QED) is 0.752. The summed E-state index contributed by atoms with van der Waals surface area (Å²) in [4.78, 5) is 13.7. The van der Waals surface area contributed by atoms with E-state index in [1.807, 2.05) is 6.07 Å². The summed E-state index contributed by atoms with van der Waals surface area (Å²) >= 11 is 0. The van der Waals surface area contributed by atoms with Crippen molar-refractivity contribution in [2.24, 2.45) is 0 Å². The zero-order chi connectivity index (χ0) is 10.8. The Morgan fingerprint density at radius 2 is 2.33 bits per heavy atom. The zero-order valence-electron chi connectivity index (χ0n) is 8.07. The Morgan fingerprint density at radius 1 is 1.53 bits per heavy atom. The second-order valence-electron chi connectivity index (χ2n) is 3.04. The van der Waals surface area contributed by atoms with Gasteiger partial charge in [-0.25, -0.2) is 0 Å². The molecule has 0 unspecified atom stereocenters. The maximum atomic E-state index is 10.8. The molecule has 0 spiro atoms. The smallest absolute Gasteiger partial charge is 0.152 e. The van der Waals surface area contributed by atoms with Crippen molar-refractivity contribution in [1.29, 1.82) is 5.26 Å². The number of hydrogen-bond acceptors (Lipinski definition) is 3. The van der Waals surface area contributed by atoms with Gasteiger partial charge in [-0.15, -0.1) is 0 Å². The van der Waals surface area contributed by atoms with Crippen LogP contribution >= 0.6 is 0 Å². The number of nitriles is 1. The van der Waals surface area contributed by atoms with Gasteiger partial charge in [0, 0.05) is 17.1 Å². The third-order valence-corrected chi connectivity index (χ3v) is 2.30. The number of rotatable bonds is 2. The molecule has 0 saturated heterocycles. The van der Waals surface area contributed by atoms with Gasteiger partial charge in [0.2, 0.25) is 0 Å². The van der Waals surface area contributed by atoms with E-state index in [0.29, 0.717) is 27.8 Å². The molecule has 1 aromatic heterocycles. The van der Waals surface area contributed by atoms with E-state index in [9.17, 15) is 4.79 Å². The summed E-state index contributed by atoms with van der Waals surface area (Å²) in [6.07, 6.45) is 2.29. The van der Waals surface area contributed by atoms with Crippen molar-refractivity contribution in [2.45, 2.75) is 0 Å². The van der Waals surface area contributed by atoms with Gasteiger partial charge in [0.25, 0.3) is 0 Å². The van der Waals surface area contributed by atoms with Gasteiger partial charge in [-0.3, -0.25) is 4.79 Å². The van der Waals surface area contributed by atoms with E-state index in [0.717, 1.165) is 6.29 Å². The van der Waals surface area contributed by atoms with Crippen LogP contribution in [0.25, 0.3) is 10.9 Å². The maximum absolute atomic E-state index is 10.8. The molecule has 0 aliphatic heterocycles. The Labute approximate surface area is 86.1 Å². The SMILES string of the molecule is COc1ccc(C#N)c2c(C=O)c[nH]c12. The molecule has 0 aliphatic rings. The number of ether oxygens (including phenoxy) is 1. The second-order valence-corrected chi connectivity index (χ2v) is 3.04. The first kappa shape index (κ1) is 9.28. The van der Waals surface area contributed by atoms with Gasteiger partial charge in [-0.2, -0.15) is 5.26 Å². The molecule has 4 heteroatoms. The van der Waals surface area contributed by atoms with E-state index in [2.05, 4.69) is 4.98 Å². The number of nitrogens with zero attached hydrogens (tertiary/aromatic N) is 1. The van der Waals surface area contributed by atoms with Crippen LogP contribution in [0, 0.1) is 11.3 Å². The number of methoxy groups -OCH3 is 1. The normalized spacial score (nSPS) is 9.87. The Kier molecular flexibility index (Phi) is 2.14. The highest BCUT2D eigenvalue weighted by molar-refractivity contribution is 6.02. The minimum absolute atomic E-state index is 0.467. The summed E-state index contributed by atoms with van der Waals surface area (Å²) in [5.74, 6) is 0.622. The summed E-state index contributed by atoms with van der Waals surface area (Å²) < 4.78 is 5.13. The minimum atomic E-state index is 0.467. The summed E-state index contributed by atoms with van der Waals surface area (Å²) in [5, 5.41) is 9.53. The summed E-state index contributed by atoms with van der Waals surface area (Å²) in [7, 11) is 1.54. The lowest BCUT2D eigenvalue weighted by Gasteiger charge is -2.02. The minimum Gasteiger partial charge on any atom is -0.495 e. The largest absolute Gasteiger partial charge is 0.495 e. The van der Waals surface area contributed by atoms with E-state index >= 15 is 0 Å². The van der Waals surface area contributed by atoms with Crippen molar-refractivity contribution < 1.29 is 9.53 Å². The number of hydrogen-bond donors (Lipinski definition) is 1. The van der Waals surface area contributed by atoms with Crippen LogP contribution < -0.4 is 4.74 Å². The van der Waals surface area contributed by atoms with E-state index in [-0.39, 0.29) is 0 Å². The van der Waals surface area contributed by atoms with Gasteiger partial charge in [0.1, 0.15) is 5.75 Å². The molecule has 0 fully saturated rings. The van der Waals surface area contributed by atoms with Crippen molar-refractivity contribution in [3.63, 3.8) is 0 Å². The standard InChI is InChI=1S/C11H8N2O2/c1-15-9-3-2-7(4-12)10-8(6-14)5-13-11(9)10/h2-3,5-6,13H,1H3. The number of nitrogens with one attached hydrogen (secondary N) is 1. The van der Waals surface area contributed by atoms with Crippen molar-refractivity contribution in [1.82, 2.24) is 4.98 Å². The number of H-pyrrole nitrogens is 1. The van der Waals surface area contributed by atoms with Crippen LogP contribution in [-0.2, 0) is 0 Å². The molecular formula is C11H8N2O2. The van der Waals surface area contributed by atoms with E-state index < -0.39 is 0 Å². The third kappa shape index (κ3) is 1.25. The highest BCUT2D eigenvalue weighted by Crippen LogP contribution is 2.29. The van der Waals surface area contributed by atoms with Crippen molar-refractivity contribution >= 4 is 17.2 Å². The summed E-state index contributed by atoms with van der Waals surface area (Å²) in [6, 6.07) is 5.39. The van der Waals surface area contributed by atoms with Gasteiger partial charge in [0.15, 0.2) is 6.29 Å². The number of carbonyl (C=O) groups is 1. The molecule has 0 bridgehead atoms. The van der Waals surface area contributed by atoms with Gasteiger partial charge in [-0.1, -0.05) is 0 Å². The molecule has 2 aromatic rings. The average molecular weight is 200 g/mol. The van der Waals surface area contributed by atoms with E-state index in [1.54, 1.807) is 25.4 Å². The van der Waals surface area contributed by atoms with Crippen molar-refractivity contribution in [3.05, 3.63) is 29.5 Å². The van der Waals surface area contributed by atoms with Crippen LogP contribution in [0.2, 0.25) is 0 Å². The third-order valence-electron chi connectivity index (χ3n) is 2.30. The Hall–Kier alpha value is -2.28. The van der Waals surface area contributed by atoms with Crippen LogP contribution in [0.3, 0.4) is 0 Å². The van der Waals surface area contributed by atoms with Gasteiger partial charge >= 0.3 is 0 Å². The molecule has 0 amide bonds. The lowest BCUT2D eigenvalue weighted by Crippen LogP contribution is -1.87. The first-order valence-corrected chi connectivity index (χ1v) is 4.35. The number of aldehydes is 1. The van der Waals surface area contributed by atoms with Crippen molar-refractivity contribution in [2.75, 3.05) is 7.11 Å². The Morgan fingerprint density at radius 3 is 2.93 bits per heavy atom. The lowest BCUT2D eigenvalue weighted by molar-refractivity contribution is 0.112. The van der Waals surface area contributed by atoms with Gasteiger partial charge in [-0.05, 0) is 12.1 Å². The summed E-state index contributed by atoms with van der Waals surface area (Å²) in [5.41, 5.74) is 1.62. The van der Waals surface area contributed by atoms with Gasteiger partial charge in [0.05, 0.1) is 24.3 Å². The fourth-order valence-corrected chi connectivity index (χ4v) is 1.61. The fraction of sp³-hybridized carbons (Fsp3) is 0.0909. The lowest BCUT2D eigenvalue weighted by atomic mass is 10.1. The molecule has 1 aromatic carbocycles. The molecule has 2 rings (SSSR count). The summed E-state index contributed by atoms with van der Waals surface area (Å²) in [6.45, 7) is 0. The highest BCUT2D eigenvalue weighted by atomic mass is 16.5. The number of aromatic amines is 1. The second kappa shape index (κ2) is 3.46. The van der Waals surface area contributed by atoms with Crippen LogP contribution in [0.5, 0.6) is 5.75 Å². The molecule has 0 saturated carbocycles. The molecule has 0 radical (unpaired) electrons. The van der Waals surface area contributed by atoms with E-state index in [1.165, 1.54) is 0 Å². The van der Waals surface area contributed by atoms with Crippen LogP contribution in [-0.4, -0.2) is 18.4 Å². The predicted molar refractivity (Wildman–Crippen MR) is 55.0 cm³/mol. The van der Waals surface area contributed by atoms with Crippen LogP contribution in [0.15, 0.2) is 18.3 Å². The van der Waals surface area contributed by atoms with E-state index in [4.69, 9.17) is 10.00 Å². The molecule has 74 valence electrons. The molecule has 0 atom stereocenters. The number of fused-ring (bicyclic) bond motifs is 1. The Bertz CT molecular complexity index is 564. The molecular weight excluding hydrogens is 192 g/mol. The number of benzene rings is 1. The monoisotopic (exact) mass is 200 g/mol. The molecule has 4 nitrogen and oxygen atoms in total. The molecule has 1 heterocycles. The first-order chi connectivity index (χ1) is 7.31. The zero-order valence-corrected chi connectivity index (χ0v) is 8.07. The molecule has 1 N–H and O–H groups in total. The predicted octanol–water partition coefficient (Wildman–Crippen LogP) is 1.86. The Balaban J connectivity index is 2.90. The van der Waals surface area contributed by atoms with Crippen LogP contribution in [0.1, 0.15) is 15.9 Å². The van der Waals surface area contributed by atoms with Gasteiger partial charge < -0.3 is 9.72 Å². The molecule has 0 aliphatic carbocycles. The fourth-order valence-electron chi connectivity index (χ4n) is 1.61.